The average Bonchev–Trinajstić information content (AvgIpc) is 3.42. The highest BCUT2D eigenvalue weighted by molar-refractivity contribution is 5.95. The first-order valence-electron chi connectivity index (χ1n) is 14.1. The standard InChI is InChI=1S/C31H37F3N4O2/c1-37(2)29(39)24-10-5-9-23(18-24)28-19-35-30(40-28)36-27-11-4-3-8-22(27)17-21-7-6-16-38(20-21)26-14-12-25(13-15-26)31(32,33)34/h5,9-10,12-15,18-19,21-22,27H,3-4,6-8,11,16-17,20H2,1-2H3,(H,35,36)/t21-,22+,27-/m1/s1. The molecular weight excluding hydrogens is 517 g/mol. The largest absolute Gasteiger partial charge is 0.424 e. The summed E-state index contributed by atoms with van der Waals surface area (Å²) in [5.74, 6) is 1.51. The summed E-state index contributed by atoms with van der Waals surface area (Å²) < 4.78 is 45.1. The summed E-state index contributed by atoms with van der Waals surface area (Å²) >= 11 is 0. The molecule has 0 unspecified atom stereocenters. The fourth-order valence-electron chi connectivity index (χ4n) is 6.16. The Bertz CT molecular complexity index is 1290. The van der Waals surface area contributed by atoms with E-state index in [9.17, 15) is 18.0 Å². The summed E-state index contributed by atoms with van der Waals surface area (Å²) in [4.78, 5) is 20.6. The Balaban J connectivity index is 1.22. The van der Waals surface area contributed by atoms with Gasteiger partial charge < -0.3 is 19.5 Å². The van der Waals surface area contributed by atoms with Crippen LogP contribution in [0.4, 0.5) is 24.9 Å². The van der Waals surface area contributed by atoms with Gasteiger partial charge in [-0.05, 0) is 80.3 Å². The Morgan fingerprint density at radius 3 is 2.60 bits per heavy atom. The van der Waals surface area contributed by atoms with Crippen molar-refractivity contribution in [3.05, 3.63) is 65.9 Å². The lowest BCUT2D eigenvalue weighted by molar-refractivity contribution is -0.137. The van der Waals surface area contributed by atoms with E-state index in [2.05, 4.69) is 15.2 Å². The molecule has 2 fully saturated rings. The number of halogens is 3. The molecule has 5 rings (SSSR count). The number of hydrogen-bond donors (Lipinski definition) is 1. The van der Waals surface area contributed by atoms with Crippen LogP contribution < -0.4 is 10.2 Å². The van der Waals surface area contributed by atoms with Gasteiger partial charge in [0.25, 0.3) is 11.9 Å². The summed E-state index contributed by atoms with van der Waals surface area (Å²) in [6, 6.07) is 13.7. The summed E-state index contributed by atoms with van der Waals surface area (Å²) in [7, 11) is 3.46. The van der Waals surface area contributed by atoms with Crippen molar-refractivity contribution in [1.82, 2.24) is 9.88 Å². The molecule has 3 atom stereocenters. The van der Waals surface area contributed by atoms with Crippen LogP contribution >= 0.6 is 0 Å². The molecule has 1 aliphatic carbocycles. The number of carbonyl (C=O) groups is 1. The number of rotatable bonds is 7. The van der Waals surface area contributed by atoms with Crippen molar-refractivity contribution in [2.75, 3.05) is 37.4 Å². The van der Waals surface area contributed by atoms with Gasteiger partial charge in [-0.2, -0.15) is 13.2 Å². The molecule has 1 aromatic heterocycles. The molecule has 2 aliphatic rings. The van der Waals surface area contributed by atoms with Crippen LogP contribution in [-0.4, -0.2) is 49.0 Å². The fourth-order valence-corrected chi connectivity index (χ4v) is 6.16. The van der Waals surface area contributed by atoms with Gasteiger partial charge in [-0.3, -0.25) is 4.79 Å². The first-order chi connectivity index (χ1) is 19.2. The Morgan fingerprint density at radius 2 is 1.85 bits per heavy atom. The van der Waals surface area contributed by atoms with Crippen LogP contribution in [0.5, 0.6) is 0 Å². The first kappa shape index (κ1) is 28.1. The quantitative estimate of drug-likeness (QED) is 0.331. The van der Waals surface area contributed by atoms with E-state index in [1.54, 1.807) is 43.4 Å². The Labute approximate surface area is 233 Å². The zero-order valence-electron chi connectivity index (χ0n) is 23.1. The second kappa shape index (κ2) is 11.9. The van der Waals surface area contributed by atoms with Crippen LogP contribution in [0.2, 0.25) is 0 Å². The molecule has 1 aliphatic heterocycles. The SMILES string of the molecule is CN(C)C(=O)c1cccc(-c2cnc(N[C@@H]3CCCC[C@H]3C[C@H]3CCCN(c4ccc(C(F)(F)F)cc4)C3)o2)c1. The third kappa shape index (κ3) is 6.62. The number of benzene rings is 2. The van der Waals surface area contributed by atoms with Crippen molar-refractivity contribution in [3.63, 3.8) is 0 Å². The lowest BCUT2D eigenvalue weighted by atomic mass is 9.77. The van der Waals surface area contributed by atoms with E-state index in [0.29, 0.717) is 29.2 Å². The lowest BCUT2D eigenvalue weighted by Crippen LogP contribution is -2.39. The van der Waals surface area contributed by atoms with Crippen molar-refractivity contribution >= 4 is 17.6 Å². The molecule has 3 aromatic rings. The Hall–Kier alpha value is -3.49. The van der Waals surface area contributed by atoms with Crippen molar-refractivity contribution in [3.8, 4) is 11.3 Å². The van der Waals surface area contributed by atoms with Crippen LogP contribution in [-0.2, 0) is 6.18 Å². The molecular formula is C31H37F3N4O2. The maximum Gasteiger partial charge on any atom is 0.416 e. The highest BCUT2D eigenvalue weighted by Gasteiger charge is 2.32. The molecule has 9 heteroatoms. The van der Waals surface area contributed by atoms with E-state index >= 15 is 0 Å². The minimum Gasteiger partial charge on any atom is -0.424 e. The summed E-state index contributed by atoms with van der Waals surface area (Å²) in [6.07, 6.45) is 5.15. The topological polar surface area (TPSA) is 61.6 Å². The second-order valence-corrected chi connectivity index (χ2v) is 11.3. The van der Waals surface area contributed by atoms with Gasteiger partial charge in [0.05, 0.1) is 11.8 Å². The minimum absolute atomic E-state index is 0.0654. The number of nitrogens with one attached hydrogen (secondary N) is 1. The predicted octanol–water partition coefficient (Wildman–Crippen LogP) is 7.34. The highest BCUT2D eigenvalue weighted by atomic mass is 19.4. The summed E-state index contributed by atoms with van der Waals surface area (Å²) in [6.45, 7) is 1.73. The zero-order chi connectivity index (χ0) is 28.3. The number of nitrogens with zero attached hydrogens (tertiary/aromatic N) is 3. The Kier molecular flexibility index (Phi) is 8.38. The van der Waals surface area contributed by atoms with E-state index in [-0.39, 0.29) is 11.9 Å². The van der Waals surface area contributed by atoms with E-state index in [1.165, 1.54) is 18.6 Å². The number of carbonyl (C=O) groups excluding carboxylic acids is 1. The summed E-state index contributed by atoms with van der Waals surface area (Å²) in [5, 5.41) is 3.56. The minimum atomic E-state index is -4.31. The van der Waals surface area contributed by atoms with Gasteiger partial charge in [0.2, 0.25) is 0 Å². The Morgan fingerprint density at radius 1 is 1.07 bits per heavy atom. The van der Waals surface area contributed by atoms with Crippen LogP contribution in [0.3, 0.4) is 0 Å². The maximum atomic E-state index is 13.0. The number of anilines is 2. The number of aromatic nitrogens is 1. The number of piperidine rings is 1. The first-order valence-corrected chi connectivity index (χ1v) is 14.1. The molecule has 0 spiro atoms. The summed E-state index contributed by atoms with van der Waals surface area (Å²) in [5.41, 5.74) is 1.66. The van der Waals surface area contributed by atoms with E-state index < -0.39 is 11.7 Å². The molecule has 6 nitrogen and oxygen atoms in total. The monoisotopic (exact) mass is 554 g/mol. The van der Waals surface area contributed by atoms with Gasteiger partial charge in [-0.25, -0.2) is 4.98 Å². The smallest absolute Gasteiger partial charge is 0.416 e. The lowest BCUT2D eigenvalue weighted by Gasteiger charge is -2.39. The highest BCUT2D eigenvalue weighted by Crippen LogP contribution is 2.36. The van der Waals surface area contributed by atoms with Gasteiger partial charge in [-0.15, -0.1) is 0 Å². The van der Waals surface area contributed by atoms with Crippen molar-refractivity contribution in [2.45, 2.75) is 57.2 Å². The molecule has 1 saturated carbocycles. The molecule has 214 valence electrons. The van der Waals surface area contributed by atoms with Crippen LogP contribution in [0.15, 0.2) is 59.1 Å². The molecule has 40 heavy (non-hydrogen) atoms. The molecule has 1 N–H and O–H groups in total. The van der Waals surface area contributed by atoms with Crippen molar-refractivity contribution in [1.29, 1.82) is 0 Å². The second-order valence-electron chi connectivity index (χ2n) is 11.3. The fraction of sp³-hybridized carbons (Fsp3) is 0.484. The van der Waals surface area contributed by atoms with Crippen molar-refractivity contribution in [2.24, 2.45) is 11.8 Å². The van der Waals surface area contributed by atoms with E-state index in [1.807, 2.05) is 18.2 Å². The molecule has 0 radical (unpaired) electrons. The van der Waals surface area contributed by atoms with Gasteiger partial charge in [-0.1, -0.05) is 25.0 Å². The number of alkyl halides is 3. The van der Waals surface area contributed by atoms with Gasteiger partial charge in [0.1, 0.15) is 0 Å². The van der Waals surface area contributed by atoms with E-state index in [4.69, 9.17) is 4.42 Å². The molecule has 1 saturated heterocycles. The zero-order valence-corrected chi connectivity index (χ0v) is 23.1. The molecule has 1 amide bonds. The number of oxazole rings is 1. The van der Waals surface area contributed by atoms with Crippen LogP contribution in [0.1, 0.15) is 60.9 Å². The normalized spacial score (nSPS) is 21.7. The maximum absolute atomic E-state index is 13.0. The molecule has 0 bridgehead atoms. The third-order valence-corrected chi connectivity index (χ3v) is 8.24. The van der Waals surface area contributed by atoms with Gasteiger partial charge in [0, 0.05) is 50.0 Å². The van der Waals surface area contributed by atoms with E-state index in [0.717, 1.165) is 62.9 Å². The molecule has 2 aromatic carbocycles. The van der Waals surface area contributed by atoms with Crippen LogP contribution in [0.25, 0.3) is 11.3 Å². The number of hydrogen-bond acceptors (Lipinski definition) is 5. The van der Waals surface area contributed by atoms with Gasteiger partial charge in [0.15, 0.2) is 5.76 Å². The average molecular weight is 555 g/mol. The van der Waals surface area contributed by atoms with Gasteiger partial charge >= 0.3 is 6.18 Å². The number of amides is 1. The van der Waals surface area contributed by atoms with Crippen LogP contribution in [0, 0.1) is 11.8 Å². The predicted molar refractivity (Wildman–Crippen MR) is 150 cm³/mol. The molecule has 2 heterocycles. The van der Waals surface area contributed by atoms with Crippen molar-refractivity contribution < 1.29 is 22.4 Å². The third-order valence-electron chi connectivity index (χ3n) is 8.24.